The SMILES string of the molecule is CCC1CC1CC.CCc1ccccc1.Nc1ccccc1N. The van der Waals surface area contributed by atoms with E-state index >= 15 is 0 Å². The molecule has 126 valence electrons. The van der Waals surface area contributed by atoms with Crippen LogP contribution in [0.5, 0.6) is 0 Å². The molecule has 2 heteroatoms. The Morgan fingerprint density at radius 3 is 1.43 bits per heavy atom. The van der Waals surface area contributed by atoms with Crippen molar-refractivity contribution in [2.75, 3.05) is 11.5 Å². The van der Waals surface area contributed by atoms with Gasteiger partial charge in [0, 0.05) is 0 Å². The molecule has 0 heterocycles. The Kier molecular flexibility index (Phi) is 8.89. The summed E-state index contributed by atoms with van der Waals surface area (Å²) in [6.07, 6.45) is 5.49. The number of hydrogen-bond acceptors (Lipinski definition) is 2. The lowest BCUT2D eigenvalue weighted by atomic mass is 10.2. The molecule has 1 aliphatic carbocycles. The molecule has 2 nitrogen and oxygen atoms in total. The molecule has 2 aromatic rings. The van der Waals surface area contributed by atoms with Crippen molar-refractivity contribution in [2.24, 2.45) is 11.8 Å². The number of aryl methyl sites for hydroxylation is 1. The van der Waals surface area contributed by atoms with E-state index in [-0.39, 0.29) is 0 Å². The molecule has 2 aromatic carbocycles. The average molecular weight is 313 g/mol. The first-order valence-electron chi connectivity index (χ1n) is 8.76. The van der Waals surface area contributed by atoms with Crippen LogP contribution in [0.1, 0.15) is 45.6 Å². The molecule has 2 atom stereocenters. The third-order valence-electron chi connectivity index (χ3n) is 4.36. The molecule has 23 heavy (non-hydrogen) atoms. The molecule has 3 rings (SSSR count). The van der Waals surface area contributed by atoms with Gasteiger partial charge in [-0.2, -0.15) is 0 Å². The molecule has 1 fully saturated rings. The summed E-state index contributed by atoms with van der Waals surface area (Å²) >= 11 is 0. The molecule has 0 amide bonds. The van der Waals surface area contributed by atoms with E-state index in [0.717, 1.165) is 18.3 Å². The second-order valence-electron chi connectivity index (χ2n) is 6.04. The summed E-state index contributed by atoms with van der Waals surface area (Å²) in [6.45, 7) is 6.75. The van der Waals surface area contributed by atoms with E-state index in [0.29, 0.717) is 11.4 Å². The fourth-order valence-corrected chi connectivity index (χ4v) is 2.53. The monoisotopic (exact) mass is 312 g/mol. The lowest BCUT2D eigenvalue weighted by Gasteiger charge is -1.94. The maximum absolute atomic E-state index is 5.39. The lowest BCUT2D eigenvalue weighted by Crippen LogP contribution is -1.91. The number of para-hydroxylation sites is 2. The van der Waals surface area contributed by atoms with Crippen molar-refractivity contribution in [1.29, 1.82) is 0 Å². The van der Waals surface area contributed by atoms with Crippen LogP contribution < -0.4 is 11.5 Å². The highest BCUT2D eigenvalue weighted by atomic mass is 14.7. The van der Waals surface area contributed by atoms with E-state index in [1.807, 2.05) is 18.2 Å². The number of rotatable bonds is 3. The zero-order chi connectivity index (χ0) is 17.1. The second-order valence-corrected chi connectivity index (χ2v) is 6.04. The van der Waals surface area contributed by atoms with E-state index < -0.39 is 0 Å². The van der Waals surface area contributed by atoms with E-state index in [4.69, 9.17) is 11.5 Å². The Morgan fingerprint density at radius 2 is 1.17 bits per heavy atom. The van der Waals surface area contributed by atoms with Crippen LogP contribution in [0.2, 0.25) is 0 Å². The Labute approximate surface area is 141 Å². The highest BCUT2D eigenvalue weighted by molar-refractivity contribution is 5.62. The molecule has 1 saturated carbocycles. The number of anilines is 2. The summed E-state index contributed by atoms with van der Waals surface area (Å²) in [5.41, 5.74) is 13.5. The minimum atomic E-state index is 0.646. The van der Waals surface area contributed by atoms with Gasteiger partial charge in [0.15, 0.2) is 0 Å². The quantitative estimate of drug-likeness (QED) is 0.731. The summed E-state index contributed by atoms with van der Waals surface area (Å²) in [6, 6.07) is 17.7. The summed E-state index contributed by atoms with van der Waals surface area (Å²) in [7, 11) is 0. The van der Waals surface area contributed by atoms with Gasteiger partial charge in [0.05, 0.1) is 11.4 Å². The third kappa shape index (κ3) is 7.73. The van der Waals surface area contributed by atoms with Crippen molar-refractivity contribution in [1.82, 2.24) is 0 Å². The van der Waals surface area contributed by atoms with Crippen molar-refractivity contribution in [3.8, 4) is 0 Å². The maximum atomic E-state index is 5.39. The van der Waals surface area contributed by atoms with Gasteiger partial charge in [-0.15, -0.1) is 0 Å². The zero-order valence-corrected chi connectivity index (χ0v) is 14.8. The van der Waals surface area contributed by atoms with Crippen LogP contribution in [-0.4, -0.2) is 0 Å². The van der Waals surface area contributed by atoms with Gasteiger partial charge >= 0.3 is 0 Å². The molecule has 0 radical (unpaired) electrons. The van der Waals surface area contributed by atoms with Gasteiger partial charge in [-0.25, -0.2) is 0 Å². The van der Waals surface area contributed by atoms with Crippen LogP contribution in [-0.2, 0) is 6.42 Å². The van der Waals surface area contributed by atoms with Crippen LogP contribution in [0, 0.1) is 11.8 Å². The van der Waals surface area contributed by atoms with Gasteiger partial charge in [-0.1, -0.05) is 76.1 Å². The van der Waals surface area contributed by atoms with Gasteiger partial charge in [0.2, 0.25) is 0 Å². The predicted octanol–water partition coefficient (Wildman–Crippen LogP) is 5.54. The first-order valence-corrected chi connectivity index (χ1v) is 8.76. The van der Waals surface area contributed by atoms with Crippen LogP contribution in [0.3, 0.4) is 0 Å². The largest absolute Gasteiger partial charge is 0.397 e. The van der Waals surface area contributed by atoms with Gasteiger partial charge < -0.3 is 11.5 Å². The smallest absolute Gasteiger partial charge is 0.0547 e. The summed E-state index contributed by atoms with van der Waals surface area (Å²) in [4.78, 5) is 0. The van der Waals surface area contributed by atoms with Crippen molar-refractivity contribution in [3.05, 3.63) is 60.2 Å². The number of nitrogen functional groups attached to an aromatic ring is 2. The number of hydrogen-bond donors (Lipinski definition) is 2. The van der Waals surface area contributed by atoms with Crippen LogP contribution in [0.25, 0.3) is 0 Å². The predicted molar refractivity (Wildman–Crippen MR) is 103 cm³/mol. The molecule has 4 N–H and O–H groups in total. The van der Waals surface area contributed by atoms with Crippen molar-refractivity contribution >= 4 is 11.4 Å². The molecular weight excluding hydrogens is 280 g/mol. The van der Waals surface area contributed by atoms with E-state index in [2.05, 4.69) is 45.0 Å². The number of nitrogens with two attached hydrogens (primary N) is 2. The average Bonchev–Trinajstić information content (AvgIpc) is 3.38. The first-order chi connectivity index (χ1) is 11.1. The molecule has 0 saturated heterocycles. The van der Waals surface area contributed by atoms with Gasteiger partial charge in [0.25, 0.3) is 0 Å². The topological polar surface area (TPSA) is 52.0 Å². The Bertz CT molecular complexity index is 508. The van der Waals surface area contributed by atoms with E-state index in [1.165, 1.54) is 24.8 Å². The molecule has 1 aliphatic rings. The van der Waals surface area contributed by atoms with E-state index in [9.17, 15) is 0 Å². The fourth-order valence-electron chi connectivity index (χ4n) is 2.53. The normalized spacial score (nSPS) is 18.0. The maximum Gasteiger partial charge on any atom is 0.0547 e. The Hall–Kier alpha value is -1.96. The molecule has 0 bridgehead atoms. The zero-order valence-electron chi connectivity index (χ0n) is 14.8. The highest BCUT2D eigenvalue weighted by Gasteiger charge is 2.32. The van der Waals surface area contributed by atoms with Gasteiger partial charge in [0.1, 0.15) is 0 Å². The first kappa shape index (κ1) is 19.1. The Balaban J connectivity index is 0.000000173. The van der Waals surface area contributed by atoms with Crippen molar-refractivity contribution < 1.29 is 0 Å². The highest BCUT2D eigenvalue weighted by Crippen LogP contribution is 2.42. The van der Waals surface area contributed by atoms with E-state index in [1.54, 1.807) is 12.1 Å². The minimum absolute atomic E-state index is 0.646. The van der Waals surface area contributed by atoms with Crippen molar-refractivity contribution in [3.63, 3.8) is 0 Å². The second kappa shape index (κ2) is 10.7. The standard InChI is InChI=1S/C8H10.C7H14.C6H8N2/c1-2-8-6-4-3-5-7-8;1-3-6-5-7(6)4-2;7-5-3-1-2-4-6(5)8/h3-7H,2H2,1H3;6-7H,3-5H2,1-2H3;1-4H,7-8H2. The lowest BCUT2D eigenvalue weighted by molar-refractivity contribution is 0.663. The molecule has 0 spiro atoms. The molecular formula is C21H32N2. The van der Waals surface area contributed by atoms with Crippen LogP contribution in [0.15, 0.2) is 54.6 Å². The molecule has 0 aliphatic heterocycles. The van der Waals surface area contributed by atoms with Gasteiger partial charge in [-0.05, 0) is 42.4 Å². The van der Waals surface area contributed by atoms with Gasteiger partial charge in [-0.3, -0.25) is 0 Å². The minimum Gasteiger partial charge on any atom is -0.397 e. The van der Waals surface area contributed by atoms with Crippen LogP contribution >= 0.6 is 0 Å². The Morgan fingerprint density at radius 1 is 0.739 bits per heavy atom. The summed E-state index contributed by atoms with van der Waals surface area (Å²) in [5, 5.41) is 0. The number of benzene rings is 2. The summed E-state index contributed by atoms with van der Waals surface area (Å²) in [5.74, 6) is 2.23. The van der Waals surface area contributed by atoms with Crippen molar-refractivity contribution in [2.45, 2.75) is 46.5 Å². The third-order valence-corrected chi connectivity index (χ3v) is 4.36. The molecule has 2 unspecified atom stereocenters. The van der Waals surface area contributed by atoms with Crippen LogP contribution in [0.4, 0.5) is 11.4 Å². The molecule has 0 aromatic heterocycles. The summed E-state index contributed by atoms with van der Waals surface area (Å²) < 4.78 is 0. The fraction of sp³-hybridized carbons (Fsp3) is 0.429.